The minimum Gasteiger partial charge on any atom is -0.391 e. The molecule has 0 aliphatic carbocycles. The highest BCUT2D eigenvalue weighted by Gasteiger charge is 2.18. The Morgan fingerprint density at radius 2 is 2.32 bits per heavy atom. The van der Waals surface area contributed by atoms with Gasteiger partial charge in [0.05, 0.1) is 6.61 Å². The van der Waals surface area contributed by atoms with Gasteiger partial charge >= 0.3 is 0 Å². The molecule has 9 heteroatoms. The molecule has 0 aliphatic heterocycles. The highest BCUT2D eigenvalue weighted by Crippen LogP contribution is 2.25. The summed E-state index contributed by atoms with van der Waals surface area (Å²) < 4.78 is 31.4. The zero-order valence-electron chi connectivity index (χ0n) is 10.2. The summed E-state index contributed by atoms with van der Waals surface area (Å²) in [6, 6.07) is 1.55. The second kappa shape index (κ2) is 5.78. The van der Waals surface area contributed by atoms with Crippen LogP contribution in [0.5, 0.6) is 0 Å². The molecule has 0 bridgehead atoms. The van der Waals surface area contributed by atoms with Gasteiger partial charge in [0.1, 0.15) is 4.21 Å². The van der Waals surface area contributed by atoms with Crippen molar-refractivity contribution in [2.24, 2.45) is 0 Å². The number of hydrogen-bond donors (Lipinski definition) is 2. The first kappa shape index (κ1) is 14.1. The quantitative estimate of drug-likeness (QED) is 0.803. The van der Waals surface area contributed by atoms with E-state index >= 15 is 0 Å². The predicted octanol–water partition coefficient (Wildman–Crippen LogP) is 0.453. The van der Waals surface area contributed by atoms with Crippen molar-refractivity contribution in [3.05, 3.63) is 28.7 Å². The van der Waals surface area contributed by atoms with Crippen LogP contribution in [-0.4, -0.2) is 30.2 Å². The number of thiophene rings is 1. The van der Waals surface area contributed by atoms with Gasteiger partial charge in [0.25, 0.3) is 0 Å². The molecular formula is C10H13N3O4S2. The first-order valence-corrected chi connectivity index (χ1v) is 7.78. The van der Waals surface area contributed by atoms with Crippen molar-refractivity contribution in [2.45, 2.75) is 24.2 Å². The first-order chi connectivity index (χ1) is 9.03. The maximum absolute atomic E-state index is 12.0. The lowest BCUT2D eigenvalue weighted by Crippen LogP contribution is -2.25. The predicted molar refractivity (Wildman–Crippen MR) is 68.2 cm³/mol. The van der Waals surface area contributed by atoms with Gasteiger partial charge < -0.3 is 9.63 Å². The molecule has 2 aromatic heterocycles. The van der Waals surface area contributed by atoms with Crippen molar-refractivity contribution in [1.82, 2.24) is 14.9 Å². The van der Waals surface area contributed by atoms with E-state index < -0.39 is 10.0 Å². The number of sulfonamides is 1. The van der Waals surface area contributed by atoms with E-state index in [0.29, 0.717) is 17.2 Å². The summed E-state index contributed by atoms with van der Waals surface area (Å²) in [5.41, 5.74) is 0.768. The third-order valence-electron chi connectivity index (χ3n) is 2.44. The van der Waals surface area contributed by atoms with Crippen molar-refractivity contribution in [2.75, 3.05) is 6.54 Å². The van der Waals surface area contributed by atoms with Crippen molar-refractivity contribution in [3.63, 3.8) is 0 Å². The Kier molecular flexibility index (Phi) is 4.30. The van der Waals surface area contributed by atoms with Gasteiger partial charge in [-0.3, -0.25) is 0 Å². The highest BCUT2D eigenvalue weighted by atomic mass is 32.2. The maximum atomic E-state index is 12.0. The molecule has 0 aromatic carbocycles. The molecule has 0 saturated carbocycles. The fourth-order valence-electron chi connectivity index (χ4n) is 1.45. The van der Waals surface area contributed by atoms with Crippen LogP contribution in [0.25, 0.3) is 0 Å². The molecule has 7 nitrogen and oxygen atoms in total. The Morgan fingerprint density at radius 1 is 1.53 bits per heavy atom. The normalized spacial score (nSPS) is 11.9. The van der Waals surface area contributed by atoms with Gasteiger partial charge in [0, 0.05) is 17.8 Å². The number of rotatable bonds is 6. The van der Waals surface area contributed by atoms with Crippen LogP contribution < -0.4 is 4.72 Å². The second-order valence-corrected chi connectivity index (χ2v) is 6.94. The van der Waals surface area contributed by atoms with Gasteiger partial charge in [-0.25, -0.2) is 13.1 Å². The van der Waals surface area contributed by atoms with Crippen LogP contribution >= 0.6 is 11.3 Å². The fraction of sp³-hybridized carbons (Fsp3) is 0.400. The lowest BCUT2D eigenvalue weighted by molar-refractivity contribution is 0.285. The molecule has 0 atom stereocenters. The first-order valence-electron chi connectivity index (χ1n) is 5.48. The van der Waals surface area contributed by atoms with Crippen LogP contribution in [0.3, 0.4) is 0 Å². The molecule has 2 aromatic rings. The van der Waals surface area contributed by atoms with Crippen LogP contribution in [-0.2, 0) is 23.1 Å². The lowest BCUT2D eigenvalue weighted by Gasteiger charge is -2.02. The Bertz CT molecular complexity index is 634. The van der Waals surface area contributed by atoms with E-state index in [2.05, 4.69) is 14.9 Å². The monoisotopic (exact) mass is 303 g/mol. The van der Waals surface area contributed by atoms with E-state index in [4.69, 9.17) is 9.63 Å². The van der Waals surface area contributed by atoms with Gasteiger partial charge in [0.2, 0.25) is 15.9 Å². The van der Waals surface area contributed by atoms with Crippen molar-refractivity contribution in [1.29, 1.82) is 0 Å². The van der Waals surface area contributed by atoms with Crippen molar-refractivity contribution in [3.8, 4) is 0 Å². The number of aliphatic hydroxyl groups excluding tert-OH is 1. The number of nitrogens with one attached hydrogen (secondary N) is 1. The summed E-state index contributed by atoms with van der Waals surface area (Å²) >= 11 is 1.06. The van der Waals surface area contributed by atoms with Gasteiger partial charge in [-0.05, 0) is 18.6 Å². The smallest absolute Gasteiger partial charge is 0.250 e. The maximum Gasteiger partial charge on any atom is 0.250 e. The standard InChI is InChI=1S/C10H13N3O4S2/c1-7-4-10(18-8(7)5-14)19(15,16)13-3-2-9-11-6-12-17-9/h4,6,13-14H,2-3,5H2,1H3. The molecule has 0 aliphatic rings. The van der Waals surface area contributed by atoms with Crippen LogP contribution in [0.4, 0.5) is 0 Å². The van der Waals surface area contributed by atoms with Crippen LogP contribution in [0, 0.1) is 6.92 Å². The average Bonchev–Trinajstić information content (AvgIpc) is 2.98. The average molecular weight is 303 g/mol. The van der Waals surface area contributed by atoms with E-state index in [1.165, 1.54) is 6.33 Å². The van der Waals surface area contributed by atoms with E-state index in [9.17, 15) is 8.42 Å². The number of hydrogen-bond acceptors (Lipinski definition) is 7. The number of aliphatic hydroxyl groups is 1. The molecule has 0 unspecified atom stereocenters. The van der Waals surface area contributed by atoms with E-state index in [1.54, 1.807) is 13.0 Å². The summed E-state index contributed by atoms with van der Waals surface area (Å²) in [5, 5.41) is 12.5. The minimum absolute atomic E-state index is 0.159. The molecule has 19 heavy (non-hydrogen) atoms. The summed E-state index contributed by atoms with van der Waals surface area (Å²) in [4.78, 5) is 4.45. The molecule has 0 saturated heterocycles. The molecule has 2 rings (SSSR count). The van der Waals surface area contributed by atoms with Crippen LogP contribution in [0.1, 0.15) is 16.3 Å². The second-order valence-electron chi connectivity index (χ2n) is 3.81. The molecule has 2 heterocycles. The molecule has 0 radical (unpaired) electrons. The minimum atomic E-state index is -3.56. The zero-order chi connectivity index (χ0) is 13.9. The van der Waals surface area contributed by atoms with Gasteiger partial charge in [-0.1, -0.05) is 5.16 Å². The van der Waals surface area contributed by atoms with Crippen LogP contribution in [0.2, 0.25) is 0 Å². The van der Waals surface area contributed by atoms with Crippen molar-refractivity contribution < 1.29 is 18.0 Å². The third-order valence-corrected chi connectivity index (χ3v) is 5.60. The largest absolute Gasteiger partial charge is 0.391 e. The Hall–Kier alpha value is -1.29. The molecule has 0 amide bonds. The number of aryl methyl sites for hydroxylation is 1. The van der Waals surface area contributed by atoms with Crippen molar-refractivity contribution >= 4 is 21.4 Å². The van der Waals surface area contributed by atoms with Gasteiger partial charge in [-0.15, -0.1) is 11.3 Å². The highest BCUT2D eigenvalue weighted by molar-refractivity contribution is 7.91. The number of nitrogens with zero attached hydrogens (tertiary/aromatic N) is 2. The molecule has 0 spiro atoms. The molecule has 104 valence electrons. The van der Waals surface area contributed by atoms with Crippen LogP contribution in [0.15, 0.2) is 21.1 Å². The topological polar surface area (TPSA) is 105 Å². The Labute approximate surface area is 114 Å². The van der Waals surface area contributed by atoms with E-state index in [-0.39, 0.29) is 17.4 Å². The summed E-state index contributed by atoms with van der Waals surface area (Å²) in [6.45, 7) is 1.78. The zero-order valence-corrected chi connectivity index (χ0v) is 11.8. The Morgan fingerprint density at radius 3 is 2.89 bits per heavy atom. The summed E-state index contributed by atoms with van der Waals surface area (Å²) in [5.74, 6) is 0.376. The number of aromatic nitrogens is 2. The third kappa shape index (κ3) is 3.38. The summed E-state index contributed by atoms with van der Waals surface area (Å²) in [7, 11) is -3.56. The van der Waals surface area contributed by atoms with E-state index in [0.717, 1.165) is 16.9 Å². The Balaban J connectivity index is 2.01. The molecular weight excluding hydrogens is 290 g/mol. The SMILES string of the molecule is Cc1cc(S(=O)(=O)NCCc2ncno2)sc1CO. The molecule has 2 N–H and O–H groups in total. The lowest BCUT2D eigenvalue weighted by atomic mass is 10.3. The van der Waals surface area contributed by atoms with Gasteiger partial charge in [-0.2, -0.15) is 4.98 Å². The summed E-state index contributed by atoms with van der Waals surface area (Å²) in [6.07, 6.45) is 1.59. The van der Waals surface area contributed by atoms with Gasteiger partial charge in [0.15, 0.2) is 6.33 Å². The van der Waals surface area contributed by atoms with E-state index in [1.807, 2.05) is 0 Å². The fourth-order valence-corrected chi connectivity index (χ4v) is 3.97. The molecule has 0 fully saturated rings.